The number of carbonyl (C=O) groups is 4. The van der Waals surface area contributed by atoms with Gasteiger partial charge < -0.3 is 29.7 Å². The molecular formula is C37H41BrN6O7. The largest absolute Gasteiger partial charge is 0.455 e. The van der Waals surface area contributed by atoms with Gasteiger partial charge in [-0.1, -0.05) is 75.8 Å². The van der Waals surface area contributed by atoms with Gasteiger partial charge in [0.25, 0.3) is 5.91 Å². The number of aromatic nitrogens is 3. The minimum Gasteiger partial charge on any atom is -0.455 e. The van der Waals surface area contributed by atoms with E-state index in [-0.39, 0.29) is 50.5 Å². The number of carbonyl (C=O) groups excluding carboxylic acids is 4. The average Bonchev–Trinajstić information content (AvgIpc) is 3.85. The number of allylic oxidation sites excluding steroid dienone is 1. The highest BCUT2D eigenvalue weighted by Gasteiger charge is 2.75. The van der Waals surface area contributed by atoms with Crippen molar-refractivity contribution in [2.45, 2.75) is 75.6 Å². The highest BCUT2D eigenvalue weighted by atomic mass is 79.9. The maximum atomic E-state index is 15.0. The van der Waals surface area contributed by atoms with E-state index < -0.39 is 47.7 Å². The van der Waals surface area contributed by atoms with Gasteiger partial charge in [0.05, 0.1) is 17.5 Å². The molecule has 2 aromatic carbocycles. The fraction of sp³-hybridized carbons (Fsp3) is 0.459. The predicted octanol–water partition coefficient (Wildman–Crippen LogP) is 3.39. The van der Waals surface area contributed by atoms with Crippen molar-refractivity contribution in [2.75, 3.05) is 19.7 Å². The quantitative estimate of drug-likeness (QED) is 0.200. The van der Waals surface area contributed by atoms with E-state index in [1.165, 1.54) is 0 Å². The first-order valence-electron chi connectivity index (χ1n) is 17.5. The molecule has 0 saturated carbocycles. The number of halogens is 1. The van der Waals surface area contributed by atoms with E-state index in [9.17, 15) is 19.5 Å². The van der Waals surface area contributed by atoms with Gasteiger partial charge in [-0.3, -0.25) is 19.2 Å². The Labute approximate surface area is 303 Å². The molecule has 3 aromatic rings. The van der Waals surface area contributed by atoms with Crippen molar-refractivity contribution in [3.8, 4) is 0 Å². The normalized spacial score (nSPS) is 30.4. The number of amides is 3. The summed E-state index contributed by atoms with van der Waals surface area (Å²) >= 11 is 3.62. The van der Waals surface area contributed by atoms with E-state index in [1.54, 1.807) is 27.5 Å². The zero-order valence-electron chi connectivity index (χ0n) is 28.3. The molecule has 5 heterocycles. The van der Waals surface area contributed by atoms with Crippen LogP contribution in [-0.4, -0.2) is 97.1 Å². The Hall–Kier alpha value is -4.40. The highest BCUT2D eigenvalue weighted by Crippen LogP contribution is 2.59. The summed E-state index contributed by atoms with van der Waals surface area (Å²) in [5.74, 6) is -3.67. The topological polar surface area (TPSA) is 156 Å². The Morgan fingerprint density at radius 1 is 0.980 bits per heavy atom. The van der Waals surface area contributed by atoms with Crippen LogP contribution in [0, 0.1) is 11.8 Å². The average molecular weight is 762 g/mol. The third kappa shape index (κ3) is 6.49. The van der Waals surface area contributed by atoms with Crippen molar-refractivity contribution >= 4 is 50.7 Å². The summed E-state index contributed by atoms with van der Waals surface area (Å²) in [6.07, 6.45) is 6.14. The zero-order valence-corrected chi connectivity index (χ0v) is 29.9. The standard InChI is InChI=1S/C37H41BrN6O7/c1-23-31(24-13-5-2-6-14-24)50-36(49)29-30-34(47)43(19-11-4-12-20-45)33(37(30)21-25(38)32(29)51-37)35(48)42(18-10-3-7-17-28(46)39-23)22-44-27-16-9-8-15-26(27)40-41-44/h2-3,5-6,8-10,13-16,21,23,29-33,45H,4,7,11-12,17-20,22H2,1H3,(H,39,46)/b10-3-/t23-,29+,30-,31+,32+,33+,37-/m1/s1. The number of likely N-dealkylation sites (tertiary alicyclic amines) is 1. The number of rotatable bonds is 8. The van der Waals surface area contributed by atoms with Gasteiger partial charge >= 0.3 is 5.97 Å². The second kappa shape index (κ2) is 14.7. The summed E-state index contributed by atoms with van der Waals surface area (Å²) in [5.41, 5.74) is 0.656. The van der Waals surface area contributed by atoms with Crippen LogP contribution in [-0.2, 0) is 35.3 Å². The van der Waals surface area contributed by atoms with Crippen LogP contribution in [0.25, 0.3) is 11.0 Å². The van der Waals surface area contributed by atoms with E-state index in [0.29, 0.717) is 41.2 Å². The molecule has 3 amide bonds. The summed E-state index contributed by atoms with van der Waals surface area (Å²) in [6.45, 7) is 2.23. The molecule has 13 nitrogen and oxygen atoms in total. The number of ether oxygens (including phenoxy) is 2. The molecule has 2 fully saturated rings. The summed E-state index contributed by atoms with van der Waals surface area (Å²) < 4.78 is 15.1. The minimum absolute atomic E-state index is 0.0185. The first-order chi connectivity index (χ1) is 24.7. The summed E-state index contributed by atoms with van der Waals surface area (Å²) in [6, 6.07) is 14.9. The van der Waals surface area contributed by atoms with Gasteiger partial charge in [-0.25, -0.2) is 4.68 Å². The van der Waals surface area contributed by atoms with E-state index in [0.717, 1.165) is 5.52 Å². The fourth-order valence-corrected chi connectivity index (χ4v) is 8.63. The Bertz CT molecular complexity index is 1870. The van der Waals surface area contributed by atoms with Gasteiger partial charge in [-0.15, -0.1) is 5.10 Å². The summed E-state index contributed by atoms with van der Waals surface area (Å²) in [4.78, 5) is 60.3. The maximum absolute atomic E-state index is 15.0. The number of benzene rings is 2. The first-order valence-corrected chi connectivity index (χ1v) is 18.3. The van der Waals surface area contributed by atoms with Gasteiger partial charge in [0, 0.05) is 30.6 Å². The van der Waals surface area contributed by atoms with Crippen LogP contribution in [0.5, 0.6) is 0 Å². The van der Waals surface area contributed by atoms with Gasteiger partial charge in [-0.05, 0) is 56.4 Å². The lowest BCUT2D eigenvalue weighted by atomic mass is 9.74. The number of nitrogens with zero attached hydrogens (tertiary/aromatic N) is 5. The molecule has 14 heteroatoms. The molecule has 51 heavy (non-hydrogen) atoms. The number of unbranched alkanes of at least 4 members (excludes halogenated alkanes) is 2. The Morgan fingerprint density at radius 3 is 2.57 bits per heavy atom. The molecule has 4 aliphatic rings. The lowest BCUT2D eigenvalue weighted by Crippen LogP contribution is -2.56. The number of nitrogens with one attached hydrogen (secondary N) is 1. The lowest BCUT2D eigenvalue weighted by Gasteiger charge is -2.35. The number of hydrogen-bond acceptors (Lipinski definition) is 9. The van der Waals surface area contributed by atoms with Crippen molar-refractivity contribution in [3.63, 3.8) is 0 Å². The molecule has 2 N–H and O–H groups in total. The van der Waals surface area contributed by atoms with Crippen LogP contribution in [0.1, 0.15) is 50.7 Å². The Kier molecular flexibility index (Phi) is 10.1. The number of esters is 1. The first kappa shape index (κ1) is 35.0. The number of aliphatic hydroxyl groups excluding tert-OH is 1. The second-order valence-electron chi connectivity index (χ2n) is 13.6. The second-order valence-corrected chi connectivity index (χ2v) is 14.5. The molecule has 2 saturated heterocycles. The van der Waals surface area contributed by atoms with E-state index in [4.69, 9.17) is 9.47 Å². The van der Waals surface area contributed by atoms with Gasteiger partial charge in [0.15, 0.2) is 0 Å². The van der Waals surface area contributed by atoms with Crippen molar-refractivity contribution in [3.05, 3.63) is 82.9 Å². The molecule has 1 spiro atoms. The third-order valence-electron chi connectivity index (χ3n) is 10.3. The molecule has 0 unspecified atom stereocenters. The number of para-hydroxylation sites is 1. The number of hydrogen-bond donors (Lipinski definition) is 2. The van der Waals surface area contributed by atoms with Crippen LogP contribution in [0.2, 0.25) is 0 Å². The molecule has 4 aliphatic heterocycles. The van der Waals surface area contributed by atoms with Crippen molar-refractivity contribution in [1.82, 2.24) is 30.1 Å². The number of cyclic esters (lactones) is 1. The SMILES string of the molecule is C[C@H]1NC(=O)CC/C=C\CN(Cn2nnc3ccccc32)C(=O)[C@@H]2N(CCCCCO)C(=O)[C@H]3[C@H](C(=O)O[C@@H]1c1ccccc1)[C@H]1O[C@@]23C=C1Br. The van der Waals surface area contributed by atoms with Crippen LogP contribution < -0.4 is 5.32 Å². The van der Waals surface area contributed by atoms with Crippen LogP contribution >= 0.6 is 15.9 Å². The lowest BCUT2D eigenvalue weighted by molar-refractivity contribution is -0.161. The van der Waals surface area contributed by atoms with Crippen molar-refractivity contribution < 1.29 is 33.8 Å². The molecule has 0 radical (unpaired) electrons. The van der Waals surface area contributed by atoms with E-state index in [2.05, 4.69) is 31.6 Å². The van der Waals surface area contributed by atoms with Crippen molar-refractivity contribution in [1.29, 1.82) is 0 Å². The molecule has 7 atom stereocenters. The number of aliphatic hydroxyl groups is 1. The van der Waals surface area contributed by atoms with E-state index in [1.807, 2.05) is 66.7 Å². The molecule has 268 valence electrons. The monoisotopic (exact) mass is 760 g/mol. The zero-order chi connectivity index (χ0) is 35.7. The third-order valence-corrected chi connectivity index (χ3v) is 11.0. The van der Waals surface area contributed by atoms with Gasteiger partial charge in [0.2, 0.25) is 11.8 Å². The van der Waals surface area contributed by atoms with Gasteiger partial charge in [0.1, 0.15) is 42.0 Å². The fourth-order valence-electron chi connectivity index (χ4n) is 7.89. The molecule has 1 aromatic heterocycles. The van der Waals surface area contributed by atoms with Crippen molar-refractivity contribution in [2.24, 2.45) is 11.8 Å². The Morgan fingerprint density at radius 2 is 1.76 bits per heavy atom. The Balaban J connectivity index is 1.30. The minimum atomic E-state index is -1.44. The predicted molar refractivity (Wildman–Crippen MR) is 189 cm³/mol. The van der Waals surface area contributed by atoms with Gasteiger partial charge in [-0.2, -0.15) is 0 Å². The van der Waals surface area contributed by atoms with Crippen LogP contribution in [0.15, 0.2) is 77.3 Å². The summed E-state index contributed by atoms with van der Waals surface area (Å²) in [5, 5.41) is 21.0. The van der Waals surface area contributed by atoms with Crippen LogP contribution in [0.3, 0.4) is 0 Å². The highest BCUT2D eigenvalue weighted by molar-refractivity contribution is 9.11. The molecule has 5 bridgehead atoms. The molecule has 0 aliphatic carbocycles. The maximum Gasteiger partial charge on any atom is 0.313 e. The van der Waals surface area contributed by atoms with Crippen LogP contribution in [0.4, 0.5) is 0 Å². The van der Waals surface area contributed by atoms with E-state index >= 15 is 4.79 Å². The molecular weight excluding hydrogens is 720 g/mol. The molecule has 7 rings (SSSR count). The smallest absolute Gasteiger partial charge is 0.313 e. The summed E-state index contributed by atoms with van der Waals surface area (Å²) in [7, 11) is 0. The number of fused-ring (bicyclic) bond motifs is 3.